The van der Waals surface area contributed by atoms with Crippen molar-refractivity contribution in [3.63, 3.8) is 0 Å². The lowest BCUT2D eigenvalue weighted by molar-refractivity contribution is -0.139. The standard InChI is InChI=1S/C13H19NO6S/c1-9(2)12(7-15)14-21(18,19)11-5-3-10(4-6-11)20-8-13(16)17/h3-6,9,12,14-15H,7-8H2,1-2H3,(H,16,17). The maximum Gasteiger partial charge on any atom is 0.341 e. The lowest BCUT2D eigenvalue weighted by Crippen LogP contribution is -2.41. The van der Waals surface area contributed by atoms with Crippen LogP contribution in [0.3, 0.4) is 0 Å². The van der Waals surface area contributed by atoms with Crippen LogP contribution in [0, 0.1) is 5.92 Å². The highest BCUT2D eigenvalue weighted by Gasteiger charge is 2.21. The second-order valence-electron chi connectivity index (χ2n) is 4.81. The molecule has 1 unspecified atom stereocenters. The number of sulfonamides is 1. The average Bonchev–Trinajstić information content (AvgIpc) is 2.42. The van der Waals surface area contributed by atoms with E-state index in [4.69, 9.17) is 9.84 Å². The number of aliphatic hydroxyl groups is 1. The molecule has 0 spiro atoms. The summed E-state index contributed by atoms with van der Waals surface area (Å²) in [4.78, 5) is 10.4. The number of hydrogen-bond acceptors (Lipinski definition) is 5. The lowest BCUT2D eigenvalue weighted by atomic mass is 10.1. The van der Waals surface area contributed by atoms with Gasteiger partial charge in [-0.3, -0.25) is 0 Å². The summed E-state index contributed by atoms with van der Waals surface area (Å²) < 4.78 is 31.6. The summed E-state index contributed by atoms with van der Waals surface area (Å²) in [5.74, 6) is -0.905. The van der Waals surface area contributed by atoms with Crippen LogP contribution < -0.4 is 9.46 Å². The summed E-state index contributed by atoms with van der Waals surface area (Å²) in [6.07, 6.45) is 0. The Morgan fingerprint density at radius 2 is 1.86 bits per heavy atom. The number of ether oxygens (including phenoxy) is 1. The fourth-order valence-electron chi connectivity index (χ4n) is 1.51. The van der Waals surface area contributed by atoms with Gasteiger partial charge in [0.1, 0.15) is 5.75 Å². The molecule has 118 valence electrons. The molecule has 1 rings (SSSR count). The van der Waals surface area contributed by atoms with Crippen molar-refractivity contribution in [1.29, 1.82) is 0 Å². The van der Waals surface area contributed by atoms with Gasteiger partial charge in [-0.25, -0.2) is 17.9 Å². The summed E-state index contributed by atoms with van der Waals surface area (Å²) in [6, 6.07) is 4.81. The molecule has 0 aromatic heterocycles. The topological polar surface area (TPSA) is 113 Å². The quantitative estimate of drug-likeness (QED) is 0.641. The molecule has 0 saturated carbocycles. The minimum absolute atomic E-state index is 0.0178. The minimum atomic E-state index is -3.75. The third kappa shape index (κ3) is 5.33. The number of carboxylic acid groups (broad SMARTS) is 1. The van der Waals surface area contributed by atoms with Crippen molar-refractivity contribution in [2.75, 3.05) is 13.2 Å². The second kappa shape index (κ2) is 7.39. The number of aliphatic hydroxyl groups excluding tert-OH is 1. The molecule has 1 atom stereocenters. The number of carboxylic acids is 1. The average molecular weight is 317 g/mol. The van der Waals surface area contributed by atoms with Crippen LogP contribution in [-0.2, 0) is 14.8 Å². The van der Waals surface area contributed by atoms with Gasteiger partial charge in [0, 0.05) is 6.04 Å². The van der Waals surface area contributed by atoms with E-state index in [9.17, 15) is 18.3 Å². The highest BCUT2D eigenvalue weighted by atomic mass is 32.2. The predicted octanol–water partition coefficient (Wildman–Crippen LogP) is 0.445. The number of benzene rings is 1. The van der Waals surface area contributed by atoms with E-state index in [-0.39, 0.29) is 23.2 Å². The minimum Gasteiger partial charge on any atom is -0.482 e. The highest BCUT2D eigenvalue weighted by molar-refractivity contribution is 7.89. The Bertz CT molecular complexity index is 567. The van der Waals surface area contributed by atoms with Crippen molar-refractivity contribution >= 4 is 16.0 Å². The molecule has 0 fully saturated rings. The van der Waals surface area contributed by atoms with E-state index in [1.54, 1.807) is 13.8 Å². The van der Waals surface area contributed by atoms with E-state index in [1.165, 1.54) is 24.3 Å². The Hall–Kier alpha value is -1.64. The number of nitrogens with one attached hydrogen (secondary N) is 1. The Morgan fingerprint density at radius 1 is 1.29 bits per heavy atom. The maximum atomic E-state index is 12.1. The van der Waals surface area contributed by atoms with Crippen molar-refractivity contribution in [1.82, 2.24) is 4.72 Å². The molecule has 21 heavy (non-hydrogen) atoms. The molecule has 8 heteroatoms. The molecular weight excluding hydrogens is 298 g/mol. The normalized spacial score (nSPS) is 13.1. The van der Waals surface area contributed by atoms with Gasteiger partial charge >= 0.3 is 5.97 Å². The number of aliphatic carboxylic acids is 1. The van der Waals surface area contributed by atoms with Gasteiger partial charge in [-0.2, -0.15) is 0 Å². The fourth-order valence-corrected chi connectivity index (χ4v) is 2.89. The first-order chi connectivity index (χ1) is 9.76. The van der Waals surface area contributed by atoms with Crippen molar-refractivity contribution in [2.45, 2.75) is 24.8 Å². The van der Waals surface area contributed by atoms with Gasteiger partial charge in [0.25, 0.3) is 0 Å². The van der Waals surface area contributed by atoms with Crippen molar-refractivity contribution in [3.8, 4) is 5.75 Å². The molecule has 7 nitrogen and oxygen atoms in total. The number of carbonyl (C=O) groups is 1. The highest BCUT2D eigenvalue weighted by Crippen LogP contribution is 2.17. The van der Waals surface area contributed by atoms with Crippen LogP contribution in [-0.4, -0.2) is 43.9 Å². The summed E-state index contributed by atoms with van der Waals surface area (Å²) >= 11 is 0. The number of rotatable bonds is 8. The molecule has 3 N–H and O–H groups in total. The van der Waals surface area contributed by atoms with Crippen LogP contribution in [0.25, 0.3) is 0 Å². The van der Waals surface area contributed by atoms with Crippen LogP contribution in [0.4, 0.5) is 0 Å². The number of hydrogen-bond donors (Lipinski definition) is 3. The zero-order chi connectivity index (χ0) is 16.0. The van der Waals surface area contributed by atoms with Gasteiger partial charge in [0.05, 0.1) is 11.5 Å². The van der Waals surface area contributed by atoms with Crippen LogP contribution >= 0.6 is 0 Å². The van der Waals surface area contributed by atoms with E-state index < -0.39 is 28.6 Å². The molecule has 0 aliphatic rings. The first-order valence-corrected chi connectivity index (χ1v) is 7.82. The van der Waals surface area contributed by atoms with Crippen LogP contribution in [0.1, 0.15) is 13.8 Å². The lowest BCUT2D eigenvalue weighted by Gasteiger charge is -2.19. The van der Waals surface area contributed by atoms with Crippen LogP contribution in [0.15, 0.2) is 29.2 Å². The SMILES string of the molecule is CC(C)C(CO)NS(=O)(=O)c1ccc(OCC(=O)O)cc1. The molecule has 0 heterocycles. The summed E-state index contributed by atoms with van der Waals surface area (Å²) in [7, 11) is -3.75. The third-order valence-corrected chi connectivity index (χ3v) is 4.31. The predicted molar refractivity (Wildman–Crippen MR) is 75.6 cm³/mol. The largest absolute Gasteiger partial charge is 0.482 e. The van der Waals surface area contributed by atoms with Crippen LogP contribution in [0.2, 0.25) is 0 Å². The Morgan fingerprint density at radius 3 is 2.29 bits per heavy atom. The molecule has 0 aliphatic carbocycles. The zero-order valence-corrected chi connectivity index (χ0v) is 12.6. The third-order valence-electron chi connectivity index (χ3n) is 2.80. The molecule has 0 saturated heterocycles. The van der Waals surface area contributed by atoms with Gasteiger partial charge in [-0.15, -0.1) is 0 Å². The van der Waals surface area contributed by atoms with Gasteiger partial charge < -0.3 is 14.9 Å². The van der Waals surface area contributed by atoms with Crippen molar-refractivity contribution < 1.29 is 28.2 Å². The van der Waals surface area contributed by atoms with Gasteiger partial charge in [0.2, 0.25) is 10.0 Å². The molecule has 0 amide bonds. The molecule has 0 radical (unpaired) electrons. The second-order valence-corrected chi connectivity index (χ2v) is 6.52. The van der Waals surface area contributed by atoms with Gasteiger partial charge in [0.15, 0.2) is 6.61 Å². The molecule has 1 aromatic carbocycles. The van der Waals surface area contributed by atoms with Crippen molar-refractivity contribution in [3.05, 3.63) is 24.3 Å². The van der Waals surface area contributed by atoms with Gasteiger partial charge in [-0.1, -0.05) is 13.8 Å². The van der Waals surface area contributed by atoms with Gasteiger partial charge in [-0.05, 0) is 30.2 Å². The maximum absolute atomic E-state index is 12.1. The van der Waals surface area contributed by atoms with E-state index in [0.29, 0.717) is 0 Å². The molecule has 0 bridgehead atoms. The monoisotopic (exact) mass is 317 g/mol. The first-order valence-electron chi connectivity index (χ1n) is 6.34. The Kier molecular flexibility index (Phi) is 6.13. The Labute approximate surface area is 123 Å². The summed E-state index contributed by atoms with van der Waals surface area (Å²) in [6.45, 7) is 2.81. The van der Waals surface area contributed by atoms with Crippen LogP contribution in [0.5, 0.6) is 5.75 Å². The summed E-state index contributed by atoms with van der Waals surface area (Å²) in [5.41, 5.74) is 0. The van der Waals surface area contributed by atoms with E-state index in [1.807, 2.05) is 0 Å². The molecular formula is C13H19NO6S. The van der Waals surface area contributed by atoms with Crippen molar-refractivity contribution in [2.24, 2.45) is 5.92 Å². The zero-order valence-electron chi connectivity index (χ0n) is 11.8. The summed E-state index contributed by atoms with van der Waals surface area (Å²) in [5, 5.41) is 17.7. The van der Waals surface area contributed by atoms with E-state index in [2.05, 4.69) is 4.72 Å². The first kappa shape index (κ1) is 17.4. The molecule has 1 aromatic rings. The Balaban J connectivity index is 2.82. The smallest absolute Gasteiger partial charge is 0.341 e. The molecule has 0 aliphatic heterocycles. The fraction of sp³-hybridized carbons (Fsp3) is 0.462. The van der Waals surface area contributed by atoms with E-state index >= 15 is 0 Å². The van der Waals surface area contributed by atoms with E-state index in [0.717, 1.165) is 0 Å².